The molecule has 0 aromatic carbocycles. The van der Waals surface area contributed by atoms with E-state index in [9.17, 15) is 4.79 Å². The standard InChI is InChI=1S/C30H44ClN7O3Si/c1-21-23(18-38(35-21)20-40-14-15-42(5,6)7)26-33-24-17-32-25(31)16-22(24)27(34-26)36-11-8-30(9-12-36)10-13-37(19-30)28(39)41-29(2,3)4/h16-18H,8-15,19-20H2,1-7H3. The van der Waals surface area contributed by atoms with Gasteiger partial charge in [0.1, 0.15) is 23.3 Å². The third kappa shape index (κ3) is 7.23. The Morgan fingerprint density at radius 3 is 2.52 bits per heavy atom. The predicted octanol–water partition coefficient (Wildman–Crippen LogP) is 6.39. The second-order valence-corrected chi connectivity index (χ2v) is 20.1. The monoisotopic (exact) mass is 613 g/mol. The summed E-state index contributed by atoms with van der Waals surface area (Å²) in [4.78, 5) is 31.2. The summed E-state index contributed by atoms with van der Waals surface area (Å²) in [6.07, 6.45) is 6.40. The molecule has 42 heavy (non-hydrogen) atoms. The summed E-state index contributed by atoms with van der Waals surface area (Å²) in [5, 5.41) is 5.98. The number of likely N-dealkylation sites (tertiary alicyclic amines) is 1. The number of hydrogen-bond donors (Lipinski definition) is 0. The van der Waals surface area contributed by atoms with E-state index in [1.807, 2.05) is 49.5 Å². The number of aryl methyl sites for hydroxylation is 1. The molecule has 12 heteroatoms. The molecule has 2 saturated heterocycles. The maximum Gasteiger partial charge on any atom is 0.410 e. The number of hydrogen-bond acceptors (Lipinski definition) is 8. The van der Waals surface area contributed by atoms with E-state index >= 15 is 0 Å². The van der Waals surface area contributed by atoms with Crippen LogP contribution in [0.5, 0.6) is 0 Å². The van der Waals surface area contributed by atoms with Gasteiger partial charge in [0, 0.05) is 52.4 Å². The minimum Gasteiger partial charge on any atom is -0.444 e. The van der Waals surface area contributed by atoms with Crippen molar-refractivity contribution in [1.82, 2.24) is 29.6 Å². The van der Waals surface area contributed by atoms with Crippen LogP contribution in [-0.2, 0) is 16.2 Å². The molecule has 3 aromatic heterocycles. The average molecular weight is 614 g/mol. The van der Waals surface area contributed by atoms with Crippen LogP contribution in [0.15, 0.2) is 18.5 Å². The molecule has 5 heterocycles. The number of rotatable bonds is 7. The minimum atomic E-state index is -1.15. The molecule has 0 radical (unpaired) electrons. The Morgan fingerprint density at radius 1 is 1.12 bits per heavy atom. The summed E-state index contributed by atoms with van der Waals surface area (Å²) < 4.78 is 13.4. The maximum atomic E-state index is 12.7. The average Bonchev–Trinajstić information content (AvgIpc) is 3.48. The Labute approximate surface area is 254 Å². The smallest absolute Gasteiger partial charge is 0.410 e. The van der Waals surface area contributed by atoms with E-state index in [0.717, 1.165) is 86.1 Å². The number of ether oxygens (including phenoxy) is 2. The van der Waals surface area contributed by atoms with Gasteiger partial charge in [0.05, 0.1) is 23.0 Å². The number of halogens is 1. The first-order valence-electron chi connectivity index (χ1n) is 14.9. The molecule has 0 N–H and O–H groups in total. The molecule has 0 aliphatic carbocycles. The first-order chi connectivity index (χ1) is 19.7. The molecular weight excluding hydrogens is 570 g/mol. The highest BCUT2D eigenvalue weighted by atomic mass is 35.5. The van der Waals surface area contributed by atoms with Gasteiger partial charge in [0.2, 0.25) is 0 Å². The lowest BCUT2D eigenvalue weighted by molar-refractivity contribution is 0.0266. The predicted molar refractivity (Wildman–Crippen MR) is 169 cm³/mol. The Kier molecular flexibility index (Phi) is 8.57. The lowest BCUT2D eigenvalue weighted by Gasteiger charge is -2.40. The molecule has 228 valence electrons. The molecule has 2 aliphatic heterocycles. The number of amides is 1. The van der Waals surface area contributed by atoms with Gasteiger partial charge < -0.3 is 19.3 Å². The maximum absolute atomic E-state index is 12.7. The molecule has 2 aliphatic rings. The highest BCUT2D eigenvalue weighted by Crippen LogP contribution is 2.42. The van der Waals surface area contributed by atoms with Crippen LogP contribution in [0, 0.1) is 12.3 Å². The second-order valence-electron chi connectivity index (χ2n) is 14.0. The highest BCUT2D eigenvalue weighted by Gasteiger charge is 2.43. The molecule has 0 unspecified atom stereocenters. The lowest BCUT2D eigenvalue weighted by Crippen LogP contribution is -2.43. The fourth-order valence-electron chi connectivity index (χ4n) is 5.71. The van der Waals surface area contributed by atoms with Crippen molar-refractivity contribution in [2.24, 2.45) is 5.41 Å². The SMILES string of the molecule is Cc1nn(COCC[Si](C)(C)C)cc1-c1nc(N2CCC3(CCN(C(=O)OC(C)(C)C)C3)CC2)c2cc(Cl)ncc2n1. The van der Waals surface area contributed by atoms with E-state index in [0.29, 0.717) is 17.7 Å². The Morgan fingerprint density at radius 2 is 1.83 bits per heavy atom. The van der Waals surface area contributed by atoms with E-state index < -0.39 is 13.7 Å². The Balaban J connectivity index is 1.34. The van der Waals surface area contributed by atoms with Crippen LogP contribution >= 0.6 is 11.6 Å². The number of aromatic nitrogens is 5. The van der Waals surface area contributed by atoms with Gasteiger partial charge in [-0.15, -0.1) is 0 Å². The van der Waals surface area contributed by atoms with Gasteiger partial charge in [-0.2, -0.15) is 5.10 Å². The van der Waals surface area contributed by atoms with Crippen LogP contribution in [0.2, 0.25) is 30.8 Å². The van der Waals surface area contributed by atoms with Crippen LogP contribution < -0.4 is 4.90 Å². The van der Waals surface area contributed by atoms with Crippen molar-refractivity contribution in [2.75, 3.05) is 37.7 Å². The summed E-state index contributed by atoms with van der Waals surface area (Å²) in [6.45, 7) is 19.0. The van der Waals surface area contributed by atoms with Gasteiger partial charge >= 0.3 is 6.09 Å². The number of fused-ring (bicyclic) bond motifs is 1. The first-order valence-corrected chi connectivity index (χ1v) is 19.0. The number of nitrogens with zero attached hydrogens (tertiary/aromatic N) is 7. The molecule has 1 amide bonds. The number of pyridine rings is 1. The van der Waals surface area contributed by atoms with E-state index in [1.54, 1.807) is 6.20 Å². The van der Waals surface area contributed by atoms with Gasteiger partial charge in [0.15, 0.2) is 5.82 Å². The summed E-state index contributed by atoms with van der Waals surface area (Å²) >= 11 is 6.33. The summed E-state index contributed by atoms with van der Waals surface area (Å²) in [7, 11) is -1.15. The Bertz CT molecular complexity index is 1440. The molecule has 0 bridgehead atoms. The minimum absolute atomic E-state index is 0.103. The normalized spacial score (nSPS) is 17.4. The highest BCUT2D eigenvalue weighted by molar-refractivity contribution is 6.76. The van der Waals surface area contributed by atoms with Gasteiger partial charge in [-0.05, 0) is 64.5 Å². The molecule has 5 rings (SSSR count). The summed E-state index contributed by atoms with van der Waals surface area (Å²) in [6, 6.07) is 2.96. The number of piperidine rings is 1. The zero-order valence-electron chi connectivity index (χ0n) is 26.0. The molecule has 0 saturated carbocycles. The number of anilines is 1. The topological polar surface area (TPSA) is 98.5 Å². The van der Waals surface area contributed by atoms with Crippen molar-refractivity contribution < 1.29 is 14.3 Å². The zero-order chi connectivity index (χ0) is 30.3. The van der Waals surface area contributed by atoms with Crippen molar-refractivity contribution in [3.8, 4) is 11.4 Å². The van der Waals surface area contributed by atoms with Gasteiger partial charge in [0.25, 0.3) is 0 Å². The summed E-state index contributed by atoms with van der Waals surface area (Å²) in [5.41, 5.74) is 2.08. The van der Waals surface area contributed by atoms with Crippen LogP contribution in [0.4, 0.5) is 10.6 Å². The first kappa shape index (κ1) is 30.7. The number of carbonyl (C=O) groups is 1. The van der Waals surface area contributed by atoms with Crippen molar-refractivity contribution >= 4 is 42.5 Å². The van der Waals surface area contributed by atoms with E-state index in [1.165, 1.54) is 0 Å². The van der Waals surface area contributed by atoms with E-state index in [4.69, 9.17) is 31.0 Å². The quantitative estimate of drug-likeness (QED) is 0.172. The molecule has 2 fully saturated rings. The largest absolute Gasteiger partial charge is 0.444 e. The lowest BCUT2D eigenvalue weighted by atomic mass is 9.78. The molecule has 3 aromatic rings. The fraction of sp³-hybridized carbons (Fsp3) is 0.633. The van der Waals surface area contributed by atoms with Crippen molar-refractivity contribution in [3.05, 3.63) is 29.3 Å². The molecule has 1 spiro atoms. The van der Waals surface area contributed by atoms with Crippen LogP contribution in [0.25, 0.3) is 22.3 Å². The third-order valence-electron chi connectivity index (χ3n) is 8.15. The van der Waals surface area contributed by atoms with Gasteiger partial charge in [-0.3, -0.25) is 0 Å². The third-order valence-corrected chi connectivity index (χ3v) is 10.1. The van der Waals surface area contributed by atoms with Crippen molar-refractivity contribution in [1.29, 1.82) is 0 Å². The second kappa shape index (κ2) is 11.7. The number of carbonyl (C=O) groups excluding carboxylic acids is 1. The van der Waals surface area contributed by atoms with Crippen molar-refractivity contribution in [3.63, 3.8) is 0 Å². The molecule has 10 nitrogen and oxygen atoms in total. The van der Waals surface area contributed by atoms with Crippen LogP contribution in [0.1, 0.15) is 45.7 Å². The molecular formula is C30H44ClN7O3Si. The summed E-state index contributed by atoms with van der Waals surface area (Å²) in [5.74, 6) is 1.47. The van der Waals surface area contributed by atoms with Crippen molar-refractivity contribution in [2.45, 2.75) is 85.0 Å². The van der Waals surface area contributed by atoms with Gasteiger partial charge in [-0.1, -0.05) is 31.2 Å². The van der Waals surface area contributed by atoms with E-state index in [2.05, 4.69) is 34.6 Å². The van der Waals surface area contributed by atoms with Crippen LogP contribution in [-0.4, -0.2) is 82.2 Å². The fourth-order valence-corrected chi connectivity index (χ4v) is 6.62. The molecule has 0 atom stereocenters. The van der Waals surface area contributed by atoms with E-state index in [-0.39, 0.29) is 11.5 Å². The Hall–Kier alpha value is -2.76. The van der Waals surface area contributed by atoms with Gasteiger partial charge in [-0.25, -0.2) is 24.4 Å². The zero-order valence-corrected chi connectivity index (χ0v) is 27.8. The van der Waals surface area contributed by atoms with Crippen LogP contribution in [0.3, 0.4) is 0 Å².